The van der Waals surface area contributed by atoms with E-state index in [4.69, 9.17) is 14.2 Å². The number of methoxy groups -OCH3 is 2. The Hall–Kier alpha value is -3.68. The van der Waals surface area contributed by atoms with Gasteiger partial charge in [0.05, 0.1) is 19.8 Å². The highest BCUT2D eigenvalue weighted by Gasteiger charge is 2.30. The molecule has 0 fully saturated rings. The van der Waals surface area contributed by atoms with Crippen molar-refractivity contribution in [2.45, 2.75) is 6.18 Å². The average Bonchev–Trinajstić information content (AvgIpc) is 2.78. The van der Waals surface area contributed by atoms with Gasteiger partial charge in [0, 0.05) is 18.4 Å². The maximum Gasteiger partial charge on any atom is 0.416 e. The van der Waals surface area contributed by atoms with Gasteiger partial charge in [0.2, 0.25) is 0 Å². The fourth-order valence-corrected chi connectivity index (χ4v) is 2.88. The van der Waals surface area contributed by atoms with Crippen molar-refractivity contribution in [2.75, 3.05) is 26.2 Å². The number of benzene rings is 3. The van der Waals surface area contributed by atoms with Crippen molar-refractivity contribution in [2.24, 2.45) is 0 Å². The van der Waals surface area contributed by atoms with E-state index in [0.29, 0.717) is 22.9 Å². The first-order valence-corrected chi connectivity index (χ1v) is 9.18. The predicted octanol–water partition coefficient (Wildman–Crippen LogP) is 6.06. The molecule has 0 spiro atoms. The first-order valence-electron chi connectivity index (χ1n) is 9.18. The van der Waals surface area contributed by atoms with Crippen LogP contribution in [0.4, 0.5) is 24.5 Å². The molecule has 0 bridgehead atoms. The minimum atomic E-state index is -4.37. The molecule has 0 atom stereocenters. The van der Waals surface area contributed by atoms with Crippen LogP contribution in [0.3, 0.4) is 0 Å². The van der Waals surface area contributed by atoms with Crippen molar-refractivity contribution in [1.29, 1.82) is 0 Å². The zero-order chi connectivity index (χ0) is 22.6. The molecule has 0 saturated carbocycles. The highest BCUT2D eigenvalue weighted by Crippen LogP contribution is 2.33. The normalized spacial score (nSPS) is 11.0. The lowest BCUT2D eigenvalue weighted by molar-refractivity contribution is -0.137. The molecule has 0 radical (unpaired) electrons. The average molecular weight is 431 g/mol. The number of nitrogens with zero attached hydrogens (tertiary/aromatic N) is 1. The standard InChI is InChI=1S/C23H20F3NO4/c1-27(16-6-4-15(5-7-16)23(24,25)26)17-8-10-18(11-9-17)31-21-13-12-19(29-2)14-20(21)22(28)30-3/h4-14H,1-3H3. The summed E-state index contributed by atoms with van der Waals surface area (Å²) in [6, 6.07) is 16.6. The third kappa shape index (κ3) is 5.09. The van der Waals surface area contributed by atoms with Crippen molar-refractivity contribution < 1.29 is 32.2 Å². The van der Waals surface area contributed by atoms with E-state index in [1.54, 1.807) is 48.3 Å². The van der Waals surface area contributed by atoms with Gasteiger partial charge >= 0.3 is 12.1 Å². The Morgan fingerprint density at radius 3 is 1.90 bits per heavy atom. The molecule has 0 N–H and O–H groups in total. The number of carbonyl (C=O) groups is 1. The molecule has 0 aliphatic heterocycles. The highest BCUT2D eigenvalue weighted by molar-refractivity contribution is 5.93. The van der Waals surface area contributed by atoms with Crippen LogP contribution in [-0.4, -0.2) is 27.2 Å². The summed E-state index contributed by atoms with van der Waals surface area (Å²) in [5.74, 6) is 0.699. The van der Waals surface area contributed by atoms with Gasteiger partial charge in [-0.25, -0.2) is 4.79 Å². The first-order chi connectivity index (χ1) is 14.7. The molecule has 0 aliphatic rings. The van der Waals surface area contributed by atoms with Gasteiger partial charge in [0.1, 0.15) is 22.8 Å². The molecule has 8 heteroatoms. The smallest absolute Gasteiger partial charge is 0.416 e. The molecule has 3 aromatic rings. The molecule has 0 amide bonds. The van der Waals surface area contributed by atoms with Crippen molar-refractivity contribution in [3.63, 3.8) is 0 Å². The second-order valence-corrected chi connectivity index (χ2v) is 6.55. The van der Waals surface area contributed by atoms with E-state index < -0.39 is 17.7 Å². The lowest BCUT2D eigenvalue weighted by atomic mass is 10.1. The van der Waals surface area contributed by atoms with Crippen molar-refractivity contribution in [1.82, 2.24) is 0 Å². The van der Waals surface area contributed by atoms with Gasteiger partial charge in [0.15, 0.2) is 0 Å². The number of rotatable bonds is 6. The van der Waals surface area contributed by atoms with Crippen molar-refractivity contribution in [3.05, 3.63) is 77.9 Å². The quantitative estimate of drug-likeness (QED) is 0.444. The zero-order valence-corrected chi connectivity index (χ0v) is 17.1. The van der Waals surface area contributed by atoms with Crippen LogP contribution in [0.15, 0.2) is 66.7 Å². The molecular weight excluding hydrogens is 411 g/mol. The van der Waals surface area contributed by atoms with Crippen LogP contribution in [0.25, 0.3) is 0 Å². The lowest BCUT2D eigenvalue weighted by Crippen LogP contribution is -2.10. The lowest BCUT2D eigenvalue weighted by Gasteiger charge is -2.20. The van der Waals surface area contributed by atoms with Crippen LogP contribution >= 0.6 is 0 Å². The summed E-state index contributed by atoms with van der Waals surface area (Å²) in [6.45, 7) is 0. The minimum absolute atomic E-state index is 0.216. The van der Waals surface area contributed by atoms with E-state index in [9.17, 15) is 18.0 Å². The minimum Gasteiger partial charge on any atom is -0.497 e. The Morgan fingerprint density at radius 2 is 1.39 bits per heavy atom. The number of anilines is 2. The molecule has 31 heavy (non-hydrogen) atoms. The maximum atomic E-state index is 12.7. The monoisotopic (exact) mass is 431 g/mol. The van der Waals surface area contributed by atoms with E-state index in [2.05, 4.69) is 0 Å². The summed E-state index contributed by atoms with van der Waals surface area (Å²) in [4.78, 5) is 13.8. The van der Waals surface area contributed by atoms with Crippen LogP contribution in [0.1, 0.15) is 15.9 Å². The Kier molecular flexibility index (Phi) is 6.39. The summed E-state index contributed by atoms with van der Waals surface area (Å²) < 4.78 is 54.0. The van der Waals surface area contributed by atoms with Gasteiger partial charge in [-0.1, -0.05) is 0 Å². The van der Waals surface area contributed by atoms with Crippen LogP contribution < -0.4 is 14.4 Å². The van der Waals surface area contributed by atoms with Crippen LogP contribution in [0.2, 0.25) is 0 Å². The number of hydrogen-bond donors (Lipinski definition) is 0. The number of esters is 1. The molecule has 0 saturated heterocycles. The van der Waals surface area contributed by atoms with E-state index in [0.717, 1.165) is 17.8 Å². The SMILES string of the molecule is COC(=O)c1cc(OC)ccc1Oc1ccc(N(C)c2ccc(C(F)(F)F)cc2)cc1. The Labute approximate surface area is 177 Å². The third-order valence-corrected chi connectivity index (χ3v) is 4.63. The largest absolute Gasteiger partial charge is 0.497 e. The van der Waals surface area contributed by atoms with Gasteiger partial charge in [-0.05, 0) is 66.7 Å². The second-order valence-electron chi connectivity index (χ2n) is 6.55. The van der Waals surface area contributed by atoms with E-state index in [1.807, 2.05) is 0 Å². The van der Waals surface area contributed by atoms with E-state index in [-0.39, 0.29) is 5.56 Å². The number of hydrogen-bond acceptors (Lipinski definition) is 5. The topological polar surface area (TPSA) is 48.0 Å². The predicted molar refractivity (Wildman–Crippen MR) is 110 cm³/mol. The summed E-state index contributed by atoms with van der Waals surface area (Å²) in [7, 11) is 4.51. The molecule has 3 rings (SSSR count). The van der Waals surface area contributed by atoms with E-state index in [1.165, 1.54) is 32.4 Å². The number of carbonyl (C=O) groups excluding carboxylic acids is 1. The summed E-state index contributed by atoms with van der Waals surface area (Å²) in [5, 5.41) is 0. The maximum absolute atomic E-state index is 12.7. The Morgan fingerprint density at radius 1 is 0.839 bits per heavy atom. The molecule has 0 heterocycles. The second kappa shape index (κ2) is 8.99. The summed E-state index contributed by atoms with van der Waals surface area (Å²) in [6.07, 6.45) is -4.37. The van der Waals surface area contributed by atoms with Gasteiger partial charge in [0.25, 0.3) is 0 Å². The van der Waals surface area contributed by atoms with Crippen molar-refractivity contribution in [3.8, 4) is 17.2 Å². The molecule has 5 nitrogen and oxygen atoms in total. The number of alkyl halides is 3. The highest BCUT2D eigenvalue weighted by atomic mass is 19.4. The first kappa shape index (κ1) is 22.0. The molecule has 0 unspecified atom stereocenters. The summed E-state index contributed by atoms with van der Waals surface area (Å²) in [5.41, 5.74) is 0.863. The molecule has 162 valence electrons. The van der Waals surface area contributed by atoms with Gasteiger partial charge < -0.3 is 19.1 Å². The van der Waals surface area contributed by atoms with Gasteiger partial charge in [-0.3, -0.25) is 0 Å². The fraction of sp³-hybridized carbons (Fsp3) is 0.174. The molecule has 0 aliphatic carbocycles. The Bertz CT molecular complexity index is 1050. The number of halogens is 3. The van der Waals surface area contributed by atoms with Crippen molar-refractivity contribution >= 4 is 17.3 Å². The molecule has 3 aromatic carbocycles. The van der Waals surface area contributed by atoms with Gasteiger partial charge in [-0.15, -0.1) is 0 Å². The zero-order valence-electron chi connectivity index (χ0n) is 17.1. The van der Waals surface area contributed by atoms with Gasteiger partial charge in [-0.2, -0.15) is 13.2 Å². The Balaban J connectivity index is 1.78. The number of ether oxygens (including phenoxy) is 3. The van der Waals surface area contributed by atoms with E-state index >= 15 is 0 Å². The molecular formula is C23H20F3NO4. The summed E-state index contributed by atoms with van der Waals surface area (Å²) >= 11 is 0. The molecule has 0 aromatic heterocycles. The van der Waals surface area contributed by atoms with Crippen LogP contribution in [0.5, 0.6) is 17.2 Å². The fourth-order valence-electron chi connectivity index (χ4n) is 2.88. The van der Waals surface area contributed by atoms with Crippen LogP contribution in [-0.2, 0) is 10.9 Å². The van der Waals surface area contributed by atoms with Crippen LogP contribution in [0, 0.1) is 0 Å². The third-order valence-electron chi connectivity index (χ3n) is 4.63.